The number of halogens is 2. The third kappa shape index (κ3) is 3.64. The van der Waals surface area contributed by atoms with E-state index in [1.54, 1.807) is 18.2 Å². The number of hydrogen-bond donors (Lipinski definition) is 2. The van der Waals surface area contributed by atoms with Gasteiger partial charge in [0.05, 0.1) is 11.3 Å². The van der Waals surface area contributed by atoms with Gasteiger partial charge in [0.15, 0.2) is 0 Å². The van der Waals surface area contributed by atoms with Crippen molar-refractivity contribution in [2.75, 3.05) is 5.32 Å². The first-order valence-electron chi connectivity index (χ1n) is 5.53. The largest absolute Gasteiger partial charge is 0.355 e. The molecule has 2 nitrogen and oxygen atoms in total. The molecule has 0 fully saturated rings. The Morgan fingerprint density at radius 3 is 2.53 bits per heavy atom. The average Bonchev–Trinajstić information content (AvgIpc) is 2.34. The molecule has 2 aromatic carbocycles. The monoisotopic (exact) mass is 403 g/mol. The summed E-state index contributed by atoms with van der Waals surface area (Å²) in [5.41, 5.74) is 3.24. The van der Waals surface area contributed by atoms with Gasteiger partial charge in [0, 0.05) is 14.3 Å². The van der Waals surface area contributed by atoms with Gasteiger partial charge in [0.2, 0.25) is 5.12 Å². The highest BCUT2D eigenvalue weighted by Gasteiger charge is 2.10. The molecular formula is C14H11ClINOS. The topological polar surface area (TPSA) is 29.1 Å². The summed E-state index contributed by atoms with van der Waals surface area (Å²) in [4.78, 5) is 11.5. The predicted octanol–water partition coefficient (Wildman–Crippen LogP) is 5.07. The van der Waals surface area contributed by atoms with E-state index in [1.807, 2.05) is 19.1 Å². The third-order valence-corrected chi connectivity index (χ3v) is 3.82. The summed E-state index contributed by atoms with van der Waals surface area (Å²) in [6.07, 6.45) is 0. The predicted molar refractivity (Wildman–Crippen MR) is 91.9 cm³/mol. The van der Waals surface area contributed by atoms with E-state index in [1.165, 1.54) is 3.57 Å². The first kappa shape index (κ1) is 14.7. The van der Waals surface area contributed by atoms with Crippen molar-refractivity contribution in [3.05, 3.63) is 56.1 Å². The van der Waals surface area contributed by atoms with E-state index in [-0.39, 0.29) is 5.12 Å². The highest BCUT2D eigenvalue weighted by molar-refractivity contribution is 14.1. The molecule has 0 spiro atoms. The van der Waals surface area contributed by atoms with Crippen LogP contribution in [0.1, 0.15) is 15.9 Å². The fourth-order valence-electron chi connectivity index (χ4n) is 1.71. The number of thiol groups is 1. The van der Waals surface area contributed by atoms with Gasteiger partial charge in [-0.15, -0.1) is 12.6 Å². The van der Waals surface area contributed by atoms with Crippen molar-refractivity contribution in [2.45, 2.75) is 6.92 Å². The lowest BCUT2D eigenvalue weighted by molar-refractivity contribution is 0.109. The summed E-state index contributed by atoms with van der Waals surface area (Å²) in [5, 5.41) is 3.45. The lowest BCUT2D eigenvalue weighted by Crippen LogP contribution is -2.00. The van der Waals surface area contributed by atoms with Crippen LogP contribution in [0, 0.1) is 10.5 Å². The SMILES string of the molecule is Cc1cc(I)ccc1Nc1ccc(Cl)cc1C(=O)S. The molecule has 0 saturated heterocycles. The van der Waals surface area contributed by atoms with Crippen LogP contribution in [0.4, 0.5) is 11.4 Å². The third-order valence-electron chi connectivity index (χ3n) is 2.67. The minimum absolute atomic E-state index is 0.312. The molecule has 1 N–H and O–H groups in total. The van der Waals surface area contributed by atoms with Crippen molar-refractivity contribution in [3.63, 3.8) is 0 Å². The molecule has 0 bridgehead atoms. The van der Waals surface area contributed by atoms with Gasteiger partial charge in [-0.3, -0.25) is 4.79 Å². The van der Waals surface area contributed by atoms with Crippen LogP contribution in [0.15, 0.2) is 36.4 Å². The Kier molecular flexibility index (Phi) is 4.76. The Bertz CT molecular complexity index is 645. The number of hydrogen-bond acceptors (Lipinski definition) is 2. The molecule has 0 atom stereocenters. The molecule has 0 aromatic heterocycles. The second-order valence-electron chi connectivity index (χ2n) is 4.08. The highest BCUT2D eigenvalue weighted by Crippen LogP contribution is 2.27. The Hall–Kier alpha value is -0.720. The maximum Gasteiger partial charge on any atom is 0.218 e. The molecule has 0 aliphatic heterocycles. The van der Waals surface area contributed by atoms with E-state index in [2.05, 4.69) is 46.6 Å². The van der Waals surface area contributed by atoms with Crippen molar-refractivity contribution in [1.82, 2.24) is 0 Å². The van der Waals surface area contributed by atoms with Gasteiger partial charge >= 0.3 is 0 Å². The van der Waals surface area contributed by atoms with Crippen LogP contribution in [0.2, 0.25) is 5.02 Å². The fraction of sp³-hybridized carbons (Fsp3) is 0.0714. The zero-order valence-electron chi connectivity index (χ0n) is 10.1. The van der Waals surface area contributed by atoms with E-state index in [0.29, 0.717) is 16.3 Å². The molecule has 0 aliphatic rings. The van der Waals surface area contributed by atoms with Gasteiger partial charge < -0.3 is 5.32 Å². The maximum atomic E-state index is 11.5. The Balaban J connectivity index is 2.40. The average molecular weight is 404 g/mol. The van der Waals surface area contributed by atoms with Crippen LogP contribution in [0.25, 0.3) is 0 Å². The van der Waals surface area contributed by atoms with Gasteiger partial charge in [-0.2, -0.15) is 0 Å². The smallest absolute Gasteiger partial charge is 0.218 e. The summed E-state index contributed by atoms with van der Waals surface area (Å²) >= 11 is 12.0. The molecule has 98 valence electrons. The van der Waals surface area contributed by atoms with Crippen LogP contribution in [-0.2, 0) is 0 Å². The summed E-state index contributed by atoms with van der Waals surface area (Å²) in [7, 11) is 0. The maximum absolute atomic E-state index is 11.5. The Morgan fingerprint density at radius 1 is 1.21 bits per heavy atom. The first-order chi connectivity index (χ1) is 8.97. The van der Waals surface area contributed by atoms with Gasteiger partial charge in [0.25, 0.3) is 0 Å². The van der Waals surface area contributed by atoms with Crippen molar-refractivity contribution in [3.8, 4) is 0 Å². The van der Waals surface area contributed by atoms with Crippen molar-refractivity contribution >= 4 is 63.3 Å². The highest BCUT2D eigenvalue weighted by atomic mass is 127. The van der Waals surface area contributed by atoms with Gasteiger partial charge in [0.1, 0.15) is 0 Å². The summed E-state index contributed by atoms with van der Waals surface area (Å²) < 4.78 is 1.17. The number of benzene rings is 2. The molecule has 0 amide bonds. The van der Waals surface area contributed by atoms with E-state index in [4.69, 9.17) is 11.6 Å². The lowest BCUT2D eigenvalue weighted by Gasteiger charge is -2.13. The Labute approximate surface area is 136 Å². The summed E-state index contributed by atoms with van der Waals surface area (Å²) in [5.74, 6) is 0. The van der Waals surface area contributed by atoms with Crippen LogP contribution in [0.5, 0.6) is 0 Å². The minimum atomic E-state index is -0.312. The molecule has 2 aromatic rings. The lowest BCUT2D eigenvalue weighted by atomic mass is 10.1. The van der Waals surface area contributed by atoms with Gasteiger partial charge in [-0.05, 0) is 71.5 Å². The van der Waals surface area contributed by atoms with Gasteiger partial charge in [-0.1, -0.05) is 11.6 Å². The van der Waals surface area contributed by atoms with Crippen LogP contribution >= 0.6 is 46.8 Å². The molecule has 0 unspecified atom stereocenters. The molecule has 5 heteroatoms. The molecule has 0 saturated carbocycles. The number of aryl methyl sites for hydroxylation is 1. The number of carbonyl (C=O) groups is 1. The summed E-state index contributed by atoms with van der Waals surface area (Å²) in [6, 6.07) is 11.2. The quantitative estimate of drug-likeness (QED) is 0.553. The minimum Gasteiger partial charge on any atom is -0.355 e. The summed E-state index contributed by atoms with van der Waals surface area (Å²) in [6.45, 7) is 2.02. The number of nitrogens with one attached hydrogen (secondary N) is 1. The van der Waals surface area contributed by atoms with Crippen molar-refractivity contribution in [1.29, 1.82) is 0 Å². The van der Waals surface area contributed by atoms with Crippen LogP contribution in [-0.4, -0.2) is 5.12 Å². The van der Waals surface area contributed by atoms with Crippen molar-refractivity contribution in [2.24, 2.45) is 0 Å². The second-order valence-corrected chi connectivity index (χ2v) is 6.17. The van der Waals surface area contributed by atoms with Crippen molar-refractivity contribution < 1.29 is 4.79 Å². The molecule has 0 aliphatic carbocycles. The number of rotatable bonds is 3. The van der Waals surface area contributed by atoms with E-state index in [0.717, 1.165) is 11.3 Å². The van der Waals surface area contributed by atoms with Crippen LogP contribution < -0.4 is 5.32 Å². The molecule has 0 radical (unpaired) electrons. The zero-order valence-corrected chi connectivity index (χ0v) is 13.9. The van der Waals surface area contributed by atoms with E-state index < -0.39 is 0 Å². The van der Waals surface area contributed by atoms with E-state index >= 15 is 0 Å². The molecule has 2 rings (SSSR count). The number of anilines is 2. The molecule has 19 heavy (non-hydrogen) atoms. The van der Waals surface area contributed by atoms with E-state index in [9.17, 15) is 4.79 Å². The molecular weight excluding hydrogens is 393 g/mol. The fourth-order valence-corrected chi connectivity index (χ4v) is 2.72. The Morgan fingerprint density at radius 2 is 1.89 bits per heavy atom. The van der Waals surface area contributed by atoms with Gasteiger partial charge in [-0.25, -0.2) is 0 Å². The standard InChI is InChI=1S/C14H11ClINOS/c1-8-6-10(16)3-5-12(8)17-13-4-2-9(15)7-11(13)14(18)19/h2-7,17H,1H3,(H,18,19). The second kappa shape index (κ2) is 6.15. The van der Waals surface area contributed by atoms with Crippen LogP contribution in [0.3, 0.4) is 0 Å². The normalized spacial score (nSPS) is 10.3. The molecule has 0 heterocycles. The first-order valence-corrected chi connectivity index (χ1v) is 7.44. The number of carbonyl (C=O) groups excluding carboxylic acids is 1. The zero-order chi connectivity index (χ0) is 14.0.